The summed E-state index contributed by atoms with van der Waals surface area (Å²) in [4.78, 5) is 28.7. The summed E-state index contributed by atoms with van der Waals surface area (Å²) in [5.74, 6) is 1.98. The van der Waals surface area contributed by atoms with Crippen molar-refractivity contribution in [2.45, 2.75) is 51.7 Å². The van der Waals surface area contributed by atoms with Gasteiger partial charge in [-0.3, -0.25) is 14.2 Å². The van der Waals surface area contributed by atoms with E-state index in [4.69, 9.17) is 0 Å². The summed E-state index contributed by atoms with van der Waals surface area (Å²) in [7, 11) is 0. The number of benzene rings is 1. The predicted octanol–water partition coefficient (Wildman–Crippen LogP) is 3.16. The van der Waals surface area contributed by atoms with E-state index in [1.807, 2.05) is 72.4 Å². The molecule has 1 aliphatic rings. The summed E-state index contributed by atoms with van der Waals surface area (Å²) in [6.07, 6.45) is 1.29. The number of aromatic nitrogens is 3. The highest BCUT2D eigenvalue weighted by Crippen LogP contribution is 2.23. The van der Waals surface area contributed by atoms with E-state index in [1.54, 1.807) is 11.8 Å². The minimum atomic E-state index is -0.00621. The van der Waals surface area contributed by atoms with Gasteiger partial charge in [0, 0.05) is 49.5 Å². The van der Waals surface area contributed by atoms with Crippen molar-refractivity contribution in [2.24, 2.45) is 5.92 Å². The Morgan fingerprint density at radius 3 is 2.57 bits per heavy atom. The van der Waals surface area contributed by atoms with Gasteiger partial charge in [0.1, 0.15) is 5.82 Å². The van der Waals surface area contributed by atoms with Gasteiger partial charge < -0.3 is 9.80 Å². The van der Waals surface area contributed by atoms with Crippen LogP contribution in [0.3, 0.4) is 0 Å². The summed E-state index contributed by atoms with van der Waals surface area (Å²) in [5, 5.41) is 9.35. The van der Waals surface area contributed by atoms with Crippen LogP contribution in [0.5, 0.6) is 0 Å². The second kappa shape index (κ2) is 10.1. The SMILES string of the molecule is Cc1nnc(SCCCC(=O)N2CCN(C(=O)C(C)C)C(C)C2)n1-c1ccccc1. The Hall–Kier alpha value is -2.35. The van der Waals surface area contributed by atoms with Crippen LogP contribution in [-0.4, -0.2) is 67.8 Å². The molecule has 2 amide bonds. The van der Waals surface area contributed by atoms with Crippen LogP contribution in [0.2, 0.25) is 0 Å². The van der Waals surface area contributed by atoms with Crippen molar-refractivity contribution in [3.63, 3.8) is 0 Å². The highest BCUT2D eigenvalue weighted by Gasteiger charge is 2.30. The van der Waals surface area contributed by atoms with E-state index in [9.17, 15) is 9.59 Å². The number of para-hydroxylation sites is 1. The second-order valence-corrected chi connectivity index (χ2v) is 9.09. The molecule has 0 N–H and O–H groups in total. The molecule has 0 aliphatic carbocycles. The molecule has 1 fully saturated rings. The van der Waals surface area contributed by atoms with Gasteiger partial charge >= 0.3 is 0 Å². The maximum atomic E-state index is 12.6. The van der Waals surface area contributed by atoms with Crippen LogP contribution < -0.4 is 0 Å². The number of hydrogen-bond donors (Lipinski definition) is 0. The Morgan fingerprint density at radius 2 is 1.90 bits per heavy atom. The lowest BCUT2D eigenvalue weighted by Crippen LogP contribution is -2.56. The summed E-state index contributed by atoms with van der Waals surface area (Å²) in [5.41, 5.74) is 1.04. The lowest BCUT2D eigenvalue weighted by Gasteiger charge is -2.40. The molecule has 0 radical (unpaired) electrons. The molecule has 1 unspecified atom stereocenters. The second-order valence-electron chi connectivity index (χ2n) is 8.03. The van der Waals surface area contributed by atoms with E-state index in [1.165, 1.54) is 0 Å². The van der Waals surface area contributed by atoms with Gasteiger partial charge in [-0.1, -0.05) is 43.8 Å². The maximum Gasteiger partial charge on any atom is 0.225 e. The summed E-state index contributed by atoms with van der Waals surface area (Å²) in [6.45, 7) is 9.67. The van der Waals surface area contributed by atoms with E-state index < -0.39 is 0 Å². The number of nitrogens with zero attached hydrogens (tertiary/aromatic N) is 5. The lowest BCUT2D eigenvalue weighted by atomic mass is 10.1. The van der Waals surface area contributed by atoms with Crippen molar-refractivity contribution in [2.75, 3.05) is 25.4 Å². The van der Waals surface area contributed by atoms with Gasteiger partial charge in [0.2, 0.25) is 11.8 Å². The molecule has 3 rings (SSSR count). The molecular weight excluding hydrogens is 398 g/mol. The minimum Gasteiger partial charge on any atom is -0.339 e. The predicted molar refractivity (Wildman–Crippen MR) is 119 cm³/mol. The van der Waals surface area contributed by atoms with Crippen molar-refractivity contribution in [3.8, 4) is 5.69 Å². The van der Waals surface area contributed by atoms with Crippen LogP contribution in [0, 0.1) is 12.8 Å². The fourth-order valence-corrected chi connectivity index (χ4v) is 4.64. The monoisotopic (exact) mass is 429 g/mol. The van der Waals surface area contributed by atoms with Gasteiger partial charge in [0.15, 0.2) is 5.16 Å². The van der Waals surface area contributed by atoms with Crippen molar-refractivity contribution >= 4 is 23.6 Å². The van der Waals surface area contributed by atoms with Gasteiger partial charge in [0.25, 0.3) is 0 Å². The molecule has 8 heteroatoms. The van der Waals surface area contributed by atoms with E-state index in [0.29, 0.717) is 26.1 Å². The van der Waals surface area contributed by atoms with Crippen LogP contribution in [0.25, 0.3) is 5.69 Å². The van der Waals surface area contributed by atoms with Crippen LogP contribution >= 0.6 is 11.8 Å². The molecule has 1 aromatic carbocycles. The summed E-state index contributed by atoms with van der Waals surface area (Å²) in [6, 6.07) is 10.1. The van der Waals surface area contributed by atoms with Crippen molar-refractivity contribution in [3.05, 3.63) is 36.2 Å². The Bertz CT molecular complexity index is 868. The first kappa shape index (κ1) is 22.3. The average molecular weight is 430 g/mol. The molecule has 1 saturated heterocycles. The molecule has 1 aliphatic heterocycles. The molecule has 162 valence electrons. The van der Waals surface area contributed by atoms with Crippen molar-refractivity contribution in [1.82, 2.24) is 24.6 Å². The number of rotatable bonds is 7. The van der Waals surface area contributed by atoms with Gasteiger partial charge in [-0.15, -0.1) is 10.2 Å². The van der Waals surface area contributed by atoms with E-state index in [0.717, 1.165) is 28.8 Å². The fourth-order valence-electron chi connectivity index (χ4n) is 3.70. The van der Waals surface area contributed by atoms with E-state index in [2.05, 4.69) is 10.2 Å². The minimum absolute atomic E-state index is 0.00621. The topological polar surface area (TPSA) is 71.3 Å². The zero-order valence-corrected chi connectivity index (χ0v) is 19.1. The Morgan fingerprint density at radius 1 is 1.17 bits per heavy atom. The molecule has 30 heavy (non-hydrogen) atoms. The zero-order valence-electron chi connectivity index (χ0n) is 18.2. The van der Waals surface area contributed by atoms with Crippen LogP contribution in [0.4, 0.5) is 0 Å². The molecule has 0 saturated carbocycles. The largest absolute Gasteiger partial charge is 0.339 e. The molecule has 0 bridgehead atoms. The molecular formula is C22H31N5O2S. The highest BCUT2D eigenvalue weighted by molar-refractivity contribution is 7.99. The normalized spacial score (nSPS) is 16.9. The number of piperazine rings is 1. The molecule has 1 atom stereocenters. The third-order valence-electron chi connectivity index (χ3n) is 5.33. The standard InChI is InChI=1S/C22H31N5O2S/c1-16(2)21(29)26-13-12-25(15-17(26)3)20(28)11-8-14-30-22-24-23-18(4)27(22)19-9-6-5-7-10-19/h5-7,9-10,16-17H,8,11-15H2,1-4H3. The van der Waals surface area contributed by atoms with E-state index in [-0.39, 0.29) is 23.8 Å². The van der Waals surface area contributed by atoms with Gasteiger partial charge in [0.05, 0.1) is 0 Å². The summed E-state index contributed by atoms with van der Waals surface area (Å²) >= 11 is 1.63. The Labute approximate surface area is 182 Å². The lowest BCUT2D eigenvalue weighted by molar-refractivity contribution is -0.144. The molecule has 2 aromatic rings. The number of carbonyl (C=O) groups is 2. The van der Waals surface area contributed by atoms with Gasteiger partial charge in [-0.05, 0) is 32.4 Å². The van der Waals surface area contributed by atoms with Gasteiger partial charge in [-0.25, -0.2) is 0 Å². The highest BCUT2D eigenvalue weighted by atomic mass is 32.2. The first-order chi connectivity index (χ1) is 14.4. The molecule has 1 aromatic heterocycles. The van der Waals surface area contributed by atoms with Crippen molar-refractivity contribution < 1.29 is 9.59 Å². The quantitative estimate of drug-likeness (QED) is 0.499. The number of amides is 2. The number of thioether (sulfide) groups is 1. The smallest absolute Gasteiger partial charge is 0.225 e. The maximum absolute atomic E-state index is 12.6. The first-order valence-electron chi connectivity index (χ1n) is 10.6. The third kappa shape index (κ3) is 5.22. The molecule has 7 nitrogen and oxygen atoms in total. The first-order valence-corrected chi connectivity index (χ1v) is 11.6. The fraction of sp³-hybridized carbons (Fsp3) is 0.545. The van der Waals surface area contributed by atoms with Crippen LogP contribution in [0.1, 0.15) is 39.4 Å². The molecule has 2 heterocycles. The number of carbonyl (C=O) groups excluding carboxylic acids is 2. The Kier molecular flexibility index (Phi) is 7.53. The number of aryl methyl sites for hydroxylation is 1. The third-order valence-corrected chi connectivity index (χ3v) is 6.35. The molecule has 0 spiro atoms. The Balaban J connectivity index is 1.47. The zero-order chi connectivity index (χ0) is 21.7. The van der Waals surface area contributed by atoms with Gasteiger partial charge in [-0.2, -0.15) is 0 Å². The average Bonchev–Trinajstić information content (AvgIpc) is 3.11. The van der Waals surface area contributed by atoms with Crippen LogP contribution in [-0.2, 0) is 9.59 Å². The van der Waals surface area contributed by atoms with E-state index >= 15 is 0 Å². The summed E-state index contributed by atoms with van der Waals surface area (Å²) < 4.78 is 2.04. The van der Waals surface area contributed by atoms with Crippen molar-refractivity contribution in [1.29, 1.82) is 0 Å². The van der Waals surface area contributed by atoms with Crippen LogP contribution in [0.15, 0.2) is 35.5 Å². The number of hydrogen-bond acceptors (Lipinski definition) is 5.